The van der Waals surface area contributed by atoms with Crippen LogP contribution in [-0.4, -0.2) is 29.3 Å². The molecule has 1 aromatic carbocycles. The van der Waals surface area contributed by atoms with Crippen molar-refractivity contribution < 1.29 is 9.21 Å². The van der Waals surface area contributed by atoms with Gasteiger partial charge in [0.2, 0.25) is 0 Å². The minimum Gasteiger partial charge on any atom is -0.453 e. The number of fused-ring (bicyclic) bond motifs is 1. The highest BCUT2D eigenvalue weighted by Gasteiger charge is 2.20. The Bertz CT molecular complexity index is 897. The SMILES string of the molecule is O=Cc1ccc(-c2cc3[nH]c(=O)[nH]c3cc2N2CCCC2)o1. The van der Waals surface area contributed by atoms with E-state index >= 15 is 0 Å². The van der Waals surface area contributed by atoms with Crippen LogP contribution < -0.4 is 10.6 Å². The molecule has 2 aromatic heterocycles. The molecule has 0 bridgehead atoms. The third kappa shape index (κ3) is 2.04. The smallest absolute Gasteiger partial charge is 0.323 e. The summed E-state index contributed by atoms with van der Waals surface area (Å²) in [6.45, 7) is 1.96. The quantitative estimate of drug-likeness (QED) is 0.728. The summed E-state index contributed by atoms with van der Waals surface area (Å²) in [5, 5.41) is 0. The average molecular weight is 297 g/mol. The maximum absolute atomic E-state index is 11.5. The lowest BCUT2D eigenvalue weighted by Crippen LogP contribution is -2.18. The number of aromatic amines is 2. The van der Waals surface area contributed by atoms with Gasteiger partial charge in [-0.2, -0.15) is 0 Å². The van der Waals surface area contributed by atoms with E-state index in [1.54, 1.807) is 12.1 Å². The Kier molecular flexibility index (Phi) is 2.89. The van der Waals surface area contributed by atoms with Gasteiger partial charge in [-0.15, -0.1) is 0 Å². The zero-order chi connectivity index (χ0) is 15.1. The number of aldehydes is 1. The fourth-order valence-electron chi connectivity index (χ4n) is 3.05. The van der Waals surface area contributed by atoms with Crippen LogP contribution in [0.2, 0.25) is 0 Å². The number of aromatic nitrogens is 2. The Morgan fingerprint density at radius 2 is 1.82 bits per heavy atom. The highest BCUT2D eigenvalue weighted by molar-refractivity contribution is 5.90. The Balaban J connectivity index is 1.94. The van der Waals surface area contributed by atoms with Crippen molar-refractivity contribution in [2.24, 2.45) is 0 Å². The predicted molar refractivity (Wildman–Crippen MR) is 83.5 cm³/mol. The van der Waals surface area contributed by atoms with Crippen molar-refractivity contribution in [3.05, 3.63) is 40.5 Å². The second kappa shape index (κ2) is 4.91. The lowest BCUT2D eigenvalue weighted by molar-refractivity contribution is 0.110. The van der Waals surface area contributed by atoms with E-state index in [9.17, 15) is 9.59 Å². The molecule has 0 aliphatic carbocycles. The Morgan fingerprint density at radius 3 is 2.50 bits per heavy atom. The molecule has 1 fully saturated rings. The van der Waals surface area contributed by atoms with Crippen molar-refractivity contribution in [2.75, 3.05) is 18.0 Å². The van der Waals surface area contributed by atoms with Gasteiger partial charge in [0, 0.05) is 24.3 Å². The first-order chi connectivity index (χ1) is 10.7. The second-order valence-electron chi connectivity index (χ2n) is 5.51. The first-order valence-electron chi connectivity index (χ1n) is 7.31. The molecular weight excluding hydrogens is 282 g/mol. The second-order valence-corrected chi connectivity index (χ2v) is 5.51. The van der Waals surface area contributed by atoms with Gasteiger partial charge in [-0.3, -0.25) is 4.79 Å². The summed E-state index contributed by atoms with van der Waals surface area (Å²) in [6, 6.07) is 7.31. The van der Waals surface area contributed by atoms with Gasteiger partial charge in [0.1, 0.15) is 5.76 Å². The minimum absolute atomic E-state index is 0.229. The molecule has 2 N–H and O–H groups in total. The van der Waals surface area contributed by atoms with Crippen LogP contribution in [0.5, 0.6) is 0 Å². The zero-order valence-corrected chi connectivity index (χ0v) is 11.9. The number of hydrogen-bond acceptors (Lipinski definition) is 4. The van der Waals surface area contributed by atoms with Crippen molar-refractivity contribution in [1.29, 1.82) is 0 Å². The molecule has 6 heteroatoms. The molecule has 22 heavy (non-hydrogen) atoms. The van der Waals surface area contributed by atoms with Crippen molar-refractivity contribution in [2.45, 2.75) is 12.8 Å². The van der Waals surface area contributed by atoms with Gasteiger partial charge >= 0.3 is 5.69 Å². The minimum atomic E-state index is -0.229. The fraction of sp³-hybridized carbons (Fsp3) is 0.250. The van der Waals surface area contributed by atoms with E-state index in [0.29, 0.717) is 17.8 Å². The van der Waals surface area contributed by atoms with E-state index in [-0.39, 0.29) is 5.69 Å². The summed E-state index contributed by atoms with van der Waals surface area (Å²) < 4.78 is 5.58. The molecule has 3 heterocycles. The number of carbonyl (C=O) groups is 1. The van der Waals surface area contributed by atoms with E-state index < -0.39 is 0 Å². The van der Waals surface area contributed by atoms with Crippen LogP contribution in [0.25, 0.3) is 22.4 Å². The largest absolute Gasteiger partial charge is 0.453 e. The van der Waals surface area contributed by atoms with Crippen LogP contribution >= 0.6 is 0 Å². The molecular formula is C16H15N3O3. The van der Waals surface area contributed by atoms with Crippen LogP contribution in [0.4, 0.5) is 5.69 Å². The molecule has 4 rings (SSSR count). The lowest BCUT2D eigenvalue weighted by atomic mass is 10.1. The van der Waals surface area contributed by atoms with Gasteiger partial charge in [0.15, 0.2) is 12.0 Å². The third-order valence-corrected chi connectivity index (χ3v) is 4.09. The highest BCUT2D eigenvalue weighted by atomic mass is 16.3. The zero-order valence-electron chi connectivity index (χ0n) is 11.9. The number of hydrogen-bond donors (Lipinski definition) is 2. The topological polar surface area (TPSA) is 82.1 Å². The van der Waals surface area contributed by atoms with Crippen molar-refractivity contribution >= 4 is 23.0 Å². The molecule has 0 atom stereocenters. The molecule has 1 aliphatic rings. The molecule has 0 unspecified atom stereocenters. The first-order valence-corrected chi connectivity index (χ1v) is 7.31. The number of furan rings is 1. The average Bonchev–Trinajstić information content (AvgIpc) is 3.25. The van der Waals surface area contributed by atoms with Crippen LogP contribution in [0.1, 0.15) is 23.4 Å². The third-order valence-electron chi connectivity index (χ3n) is 4.09. The summed E-state index contributed by atoms with van der Waals surface area (Å²) in [5.74, 6) is 0.929. The van der Waals surface area contributed by atoms with Gasteiger partial charge in [0.05, 0.1) is 11.0 Å². The standard InChI is InChI=1S/C16H15N3O3/c20-9-10-3-4-15(22-10)11-7-12-13(18-16(21)17-12)8-14(11)19-5-1-2-6-19/h3-4,7-9H,1-2,5-6H2,(H2,17,18,21). The maximum Gasteiger partial charge on any atom is 0.323 e. The molecule has 6 nitrogen and oxygen atoms in total. The molecule has 112 valence electrons. The number of rotatable bonds is 3. The van der Waals surface area contributed by atoms with Gasteiger partial charge in [-0.1, -0.05) is 0 Å². The normalized spacial score (nSPS) is 14.8. The number of carbonyl (C=O) groups excluding carboxylic acids is 1. The number of nitrogens with one attached hydrogen (secondary N) is 2. The van der Waals surface area contributed by atoms with Crippen LogP contribution in [0.3, 0.4) is 0 Å². The number of nitrogens with zero attached hydrogens (tertiary/aromatic N) is 1. The molecule has 3 aromatic rings. The molecule has 0 radical (unpaired) electrons. The summed E-state index contributed by atoms with van der Waals surface area (Å²) in [6.07, 6.45) is 2.99. The molecule has 0 amide bonds. The molecule has 0 spiro atoms. The van der Waals surface area contributed by atoms with Gasteiger partial charge in [0.25, 0.3) is 0 Å². The number of H-pyrrole nitrogens is 2. The van der Waals surface area contributed by atoms with Gasteiger partial charge in [-0.25, -0.2) is 4.79 Å². The number of benzene rings is 1. The van der Waals surface area contributed by atoms with Gasteiger partial charge < -0.3 is 19.3 Å². The molecule has 1 aliphatic heterocycles. The lowest BCUT2D eigenvalue weighted by Gasteiger charge is -2.20. The Morgan fingerprint density at radius 1 is 1.09 bits per heavy atom. The highest BCUT2D eigenvalue weighted by Crippen LogP contribution is 2.36. The summed E-state index contributed by atoms with van der Waals surface area (Å²) in [4.78, 5) is 30.2. The Labute approximate surface area is 125 Å². The van der Waals surface area contributed by atoms with Crippen molar-refractivity contribution in [3.63, 3.8) is 0 Å². The van der Waals surface area contributed by atoms with Crippen molar-refractivity contribution in [3.8, 4) is 11.3 Å². The van der Waals surface area contributed by atoms with E-state index in [1.165, 1.54) is 0 Å². The first kappa shape index (κ1) is 12.9. The number of imidazole rings is 1. The van der Waals surface area contributed by atoms with Crippen LogP contribution in [0.15, 0.2) is 33.5 Å². The van der Waals surface area contributed by atoms with E-state index in [0.717, 1.165) is 48.2 Å². The maximum atomic E-state index is 11.5. The summed E-state index contributed by atoms with van der Waals surface area (Å²) >= 11 is 0. The predicted octanol–water partition coefficient (Wildman–Crippen LogP) is 2.53. The monoisotopic (exact) mass is 297 g/mol. The van der Waals surface area contributed by atoms with Gasteiger partial charge in [-0.05, 0) is 37.1 Å². The summed E-state index contributed by atoms with van der Waals surface area (Å²) in [7, 11) is 0. The molecule has 1 saturated heterocycles. The van der Waals surface area contributed by atoms with E-state index in [4.69, 9.17) is 4.42 Å². The van der Waals surface area contributed by atoms with Crippen LogP contribution in [0, 0.1) is 0 Å². The molecule has 0 saturated carbocycles. The fourth-order valence-corrected chi connectivity index (χ4v) is 3.05. The van der Waals surface area contributed by atoms with E-state index in [2.05, 4.69) is 14.9 Å². The van der Waals surface area contributed by atoms with Crippen LogP contribution in [-0.2, 0) is 0 Å². The Hall–Kier alpha value is -2.76. The van der Waals surface area contributed by atoms with Crippen molar-refractivity contribution in [1.82, 2.24) is 9.97 Å². The summed E-state index contributed by atoms with van der Waals surface area (Å²) in [5.41, 5.74) is 3.18. The number of anilines is 1. The van der Waals surface area contributed by atoms with E-state index in [1.807, 2.05) is 12.1 Å².